The minimum absolute atomic E-state index is 0.0133. The maximum Gasteiger partial charge on any atom is 0.306 e. The van der Waals surface area contributed by atoms with Gasteiger partial charge in [-0.2, -0.15) is 0 Å². The number of hydrogen-bond acceptors (Lipinski definition) is 7. The Balaban J connectivity index is 4.26. The summed E-state index contributed by atoms with van der Waals surface area (Å²) in [4.78, 5) is 25.1. The van der Waals surface area contributed by atoms with Gasteiger partial charge in [-0.05, 0) is 89.9 Å². The van der Waals surface area contributed by atoms with E-state index in [9.17, 15) is 14.3 Å². The van der Waals surface area contributed by atoms with Crippen molar-refractivity contribution in [3.63, 3.8) is 0 Å². The molecule has 0 rings (SSSR count). The first-order valence-corrected chi connectivity index (χ1v) is 24.9. The molecule has 0 aliphatic heterocycles. The molecule has 0 saturated carbocycles. The Bertz CT molecular complexity index is 1270. The first-order chi connectivity index (χ1) is 29.1. The molecule has 0 radical (unpaired) electrons. The van der Waals surface area contributed by atoms with Gasteiger partial charge in [0.2, 0.25) is 0 Å². The maximum absolute atomic E-state index is 12.7. The summed E-state index contributed by atoms with van der Waals surface area (Å²) < 4.78 is 34.6. The highest BCUT2D eigenvalue weighted by molar-refractivity contribution is 7.45. The highest BCUT2D eigenvalue weighted by atomic mass is 31.2. The van der Waals surface area contributed by atoms with E-state index in [0.717, 1.165) is 109 Å². The van der Waals surface area contributed by atoms with Crippen LogP contribution >= 0.6 is 7.82 Å². The molecule has 0 aliphatic carbocycles. The summed E-state index contributed by atoms with van der Waals surface area (Å²) in [5.41, 5.74) is 0. The quantitative estimate of drug-likeness (QED) is 0.0198. The molecule has 0 aromatic carbocycles. The molecule has 0 heterocycles. The molecular formula is C51H88NO7P. The number of carbonyl (C=O) groups is 1. The van der Waals surface area contributed by atoms with Crippen LogP contribution in [0.25, 0.3) is 0 Å². The summed E-state index contributed by atoms with van der Waals surface area (Å²) in [7, 11) is 1.31. The highest BCUT2D eigenvalue weighted by Gasteiger charge is 2.20. The summed E-state index contributed by atoms with van der Waals surface area (Å²) in [6.45, 7) is 5.16. The summed E-state index contributed by atoms with van der Waals surface area (Å²) in [5, 5.41) is 0. The zero-order valence-electron chi connectivity index (χ0n) is 38.9. The van der Waals surface area contributed by atoms with Crippen LogP contribution in [-0.2, 0) is 27.9 Å². The number of carbonyl (C=O) groups excluding carboxylic acids is 1. The number of nitrogens with zero attached hydrogens (tertiary/aromatic N) is 1. The number of hydrogen-bond donors (Lipinski definition) is 0. The molecule has 8 nitrogen and oxygen atoms in total. The van der Waals surface area contributed by atoms with E-state index in [1.165, 1.54) is 32.1 Å². The molecular weight excluding hydrogens is 770 g/mol. The fourth-order valence-electron chi connectivity index (χ4n) is 5.74. The van der Waals surface area contributed by atoms with Crippen LogP contribution in [0.2, 0.25) is 0 Å². The average Bonchev–Trinajstić information content (AvgIpc) is 3.20. The van der Waals surface area contributed by atoms with Crippen LogP contribution < -0.4 is 4.89 Å². The van der Waals surface area contributed by atoms with Crippen molar-refractivity contribution in [2.75, 3.05) is 54.1 Å². The van der Waals surface area contributed by atoms with E-state index in [2.05, 4.69) is 111 Å². The van der Waals surface area contributed by atoms with Crippen molar-refractivity contribution < 1.29 is 37.3 Å². The van der Waals surface area contributed by atoms with E-state index in [0.29, 0.717) is 17.6 Å². The zero-order valence-corrected chi connectivity index (χ0v) is 39.8. The van der Waals surface area contributed by atoms with Gasteiger partial charge in [0.15, 0.2) is 0 Å². The normalized spacial score (nSPS) is 14.6. The van der Waals surface area contributed by atoms with Gasteiger partial charge in [0, 0.05) is 13.0 Å². The van der Waals surface area contributed by atoms with Gasteiger partial charge in [-0.3, -0.25) is 9.36 Å². The number of esters is 1. The third-order valence-electron chi connectivity index (χ3n) is 9.37. The third kappa shape index (κ3) is 46.5. The molecule has 9 heteroatoms. The van der Waals surface area contributed by atoms with Gasteiger partial charge in [0.25, 0.3) is 7.82 Å². The fourth-order valence-corrected chi connectivity index (χ4v) is 6.47. The van der Waals surface area contributed by atoms with Crippen molar-refractivity contribution in [3.8, 4) is 0 Å². The van der Waals surface area contributed by atoms with Crippen LogP contribution in [0.1, 0.15) is 162 Å². The van der Waals surface area contributed by atoms with E-state index in [1.807, 2.05) is 21.1 Å². The van der Waals surface area contributed by atoms with E-state index < -0.39 is 13.9 Å². The van der Waals surface area contributed by atoms with Gasteiger partial charge >= 0.3 is 5.97 Å². The second-order valence-electron chi connectivity index (χ2n) is 16.4. The minimum atomic E-state index is -4.54. The first kappa shape index (κ1) is 57.4. The van der Waals surface area contributed by atoms with E-state index in [4.69, 9.17) is 18.5 Å². The summed E-state index contributed by atoms with van der Waals surface area (Å²) >= 11 is 0. The summed E-state index contributed by atoms with van der Waals surface area (Å²) in [6, 6.07) is 0. The Morgan fingerprint density at radius 3 is 1.45 bits per heavy atom. The number of phosphoric ester groups is 1. The molecule has 0 aliphatic rings. The summed E-state index contributed by atoms with van der Waals surface area (Å²) in [5.74, 6) is -0.360. The standard InChI is InChI=1S/C51H88NO7P/c1-6-8-10-12-14-16-18-20-22-23-24-25-26-27-28-29-30-31-33-35-37-39-41-43-46-56-48-50(49-58-60(54,55)57-47-45-52(3,4)5)59-51(53)44-42-40-38-36-34-32-21-19-17-15-13-11-9-7-2/h8,10,13-16,19-22,24-25,27-28,30-31,50H,6-7,9,11-12,17-18,23,26,29,32-49H2,1-5H3/b10-8-,15-13-,16-14-,21-19-,22-20-,25-24-,28-27-,31-30-. The van der Waals surface area contributed by atoms with Crippen molar-refractivity contribution >= 4 is 13.8 Å². The fraction of sp³-hybridized carbons (Fsp3) is 0.667. The number of phosphoric acid groups is 1. The molecule has 0 spiro atoms. The van der Waals surface area contributed by atoms with Crippen molar-refractivity contribution in [2.45, 2.75) is 168 Å². The molecule has 0 saturated heterocycles. The molecule has 60 heavy (non-hydrogen) atoms. The Hall–Kier alpha value is -2.58. The molecule has 344 valence electrons. The lowest BCUT2D eigenvalue weighted by Crippen LogP contribution is -2.37. The SMILES string of the molecule is CC/C=C\C/C=C\C/C=C\C/C=C\C/C=C\C/C=C\CCCCCCCOCC(COP(=O)([O-])OCC[N+](C)(C)C)OC(=O)CCCCCCC/C=C\C/C=C\CCCC. The first-order valence-electron chi connectivity index (χ1n) is 23.5. The van der Waals surface area contributed by atoms with Gasteiger partial charge in [0.1, 0.15) is 19.3 Å². The van der Waals surface area contributed by atoms with Gasteiger partial charge in [0.05, 0.1) is 34.4 Å². The molecule has 0 fully saturated rings. The van der Waals surface area contributed by atoms with Crippen LogP contribution in [-0.4, -0.2) is 70.7 Å². The zero-order chi connectivity index (χ0) is 44.1. The predicted octanol–water partition coefficient (Wildman–Crippen LogP) is 13.6. The number of quaternary nitrogens is 1. The summed E-state index contributed by atoms with van der Waals surface area (Å²) in [6.07, 6.45) is 58.5. The Kier molecular flexibility index (Phi) is 41.2. The lowest BCUT2D eigenvalue weighted by atomic mass is 10.1. The molecule has 0 N–H and O–H groups in total. The molecule has 2 atom stereocenters. The van der Waals surface area contributed by atoms with Gasteiger partial charge in [-0.15, -0.1) is 0 Å². The third-order valence-corrected chi connectivity index (χ3v) is 10.3. The molecule has 2 unspecified atom stereocenters. The molecule has 0 bridgehead atoms. The van der Waals surface area contributed by atoms with E-state index >= 15 is 0 Å². The average molecular weight is 858 g/mol. The second-order valence-corrected chi connectivity index (χ2v) is 17.8. The molecule has 0 aromatic rings. The Labute approximate surface area is 368 Å². The van der Waals surface area contributed by atoms with E-state index in [-0.39, 0.29) is 32.2 Å². The predicted molar refractivity (Wildman–Crippen MR) is 254 cm³/mol. The number of likely N-dealkylation sites (N-methyl/N-ethyl adjacent to an activating group) is 1. The number of rotatable bonds is 42. The highest BCUT2D eigenvalue weighted by Crippen LogP contribution is 2.38. The number of ether oxygens (including phenoxy) is 2. The van der Waals surface area contributed by atoms with Crippen LogP contribution in [0.4, 0.5) is 0 Å². The second kappa shape index (κ2) is 43.1. The van der Waals surface area contributed by atoms with Gasteiger partial charge < -0.3 is 27.9 Å². The Morgan fingerprint density at radius 1 is 0.533 bits per heavy atom. The van der Waals surface area contributed by atoms with Crippen molar-refractivity contribution in [1.29, 1.82) is 0 Å². The van der Waals surface area contributed by atoms with Crippen LogP contribution in [0, 0.1) is 0 Å². The van der Waals surface area contributed by atoms with Crippen molar-refractivity contribution in [2.24, 2.45) is 0 Å². The van der Waals surface area contributed by atoms with E-state index in [1.54, 1.807) is 0 Å². The smallest absolute Gasteiger partial charge is 0.306 e. The van der Waals surface area contributed by atoms with Crippen molar-refractivity contribution in [1.82, 2.24) is 0 Å². The monoisotopic (exact) mass is 858 g/mol. The van der Waals surface area contributed by atoms with Crippen molar-refractivity contribution in [3.05, 3.63) is 97.2 Å². The molecule has 0 amide bonds. The van der Waals surface area contributed by atoms with Gasteiger partial charge in [-0.1, -0.05) is 162 Å². The minimum Gasteiger partial charge on any atom is -0.756 e. The topological polar surface area (TPSA) is 94.1 Å². The largest absolute Gasteiger partial charge is 0.756 e. The molecule has 0 aromatic heterocycles. The Morgan fingerprint density at radius 2 is 0.967 bits per heavy atom. The van der Waals surface area contributed by atoms with Gasteiger partial charge in [-0.25, -0.2) is 0 Å². The lowest BCUT2D eigenvalue weighted by Gasteiger charge is -2.28. The van der Waals surface area contributed by atoms with Crippen LogP contribution in [0.5, 0.6) is 0 Å². The maximum atomic E-state index is 12.7. The number of allylic oxidation sites excluding steroid dienone is 16. The number of unbranched alkanes of at least 4 members (excludes halogenated alkanes) is 12. The van der Waals surface area contributed by atoms with Crippen LogP contribution in [0.3, 0.4) is 0 Å². The lowest BCUT2D eigenvalue weighted by molar-refractivity contribution is -0.870. The van der Waals surface area contributed by atoms with Crippen LogP contribution in [0.15, 0.2) is 97.2 Å².